The van der Waals surface area contributed by atoms with Gasteiger partial charge in [-0.3, -0.25) is 14.4 Å². The Balaban J connectivity index is 1.87. The van der Waals surface area contributed by atoms with Gasteiger partial charge in [-0.2, -0.15) is 5.26 Å². The summed E-state index contributed by atoms with van der Waals surface area (Å²) in [5.74, 6) is -2.86. The number of benzene rings is 1. The van der Waals surface area contributed by atoms with E-state index < -0.39 is 41.6 Å². The minimum absolute atomic E-state index is 0.00130. The van der Waals surface area contributed by atoms with Gasteiger partial charge in [-0.25, -0.2) is 9.18 Å². The lowest BCUT2D eigenvalue weighted by molar-refractivity contribution is -0.138. The van der Waals surface area contributed by atoms with Gasteiger partial charge in [0.1, 0.15) is 29.3 Å². The smallest absolute Gasteiger partial charge is 0.348 e. The van der Waals surface area contributed by atoms with Crippen LogP contribution >= 0.6 is 0 Å². The first-order valence-electron chi connectivity index (χ1n) is 13.1. The summed E-state index contributed by atoms with van der Waals surface area (Å²) in [6, 6.07) is 6.61. The van der Waals surface area contributed by atoms with E-state index >= 15 is 0 Å². The van der Waals surface area contributed by atoms with E-state index in [0.717, 1.165) is 6.42 Å². The Hall–Kier alpha value is -4.53. The molecule has 1 saturated heterocycles. The number of aryl methyl sites for hydroxylation is 1. The van der Waals surface area contributed by atoms with Gasteiger partial charge in [0.05, 0.1) is 6.61 Å². The summed E-state index contributed by atoms with van der Waals surface area (Å²) in [6.07, 6.45) is 3.25. The minimum Gasteiger partial charge on any atom is -0.462 e. The number of aromatic nitrogens is 1. The molecule has 0 radical (unpaired) electrons. The summed E-state index contributed by atoms with van der Waals surface area (Å²) in [5.41, 5.74) is 0.222. The average molecular weight is 554 g/mol. The van der Waals surface area contributed by atoms with Gasteiger partial charge >= 0.3 is 5.97 Å². The first kappa shape index (κ1) is 30.0. The van der Waals surface area contributed by atoms with Crippen LogP contribution in [-0.2, 0) is 25.5 Å². The number of nitrogens with one attached hydrogen (secondary N) is 3. The maximum absolute atomic E-state index is 13.6. The van der Waals surface area contributed by atoms with Crippen molar-refractivity contribution < 1.29 is 32.8 Å². The average Bonchev–Trinajstić information content (AvgIpc) is 3.38. The van der Waals surface area contributed by atoms with Gasteiger partial charge in [-0.05, 0) is 56.4 Å². The summed E-state index contributed by atoms with van der Waals surface area (Å²) in [6.45, 7) is 4.09. The summed E-state index contributed by atoms with van der Waals surface area (Å²) in [7, 11) is 0. The molecule has 1 aromatic heterocycles. The zero-order valence-corrected chi connectivity index (χ0v) is 22.4. The molecular formula is C28H32FN5O6. The first-order valence-corrected chi connectivity index (χ1v) is 13.1. The second-order valence-electron chi connectivity index (χ2n) is 9.49. The lowest BCUT2D eigenvalue weighted by Crippen LogP contribution is -2.51. The van der Waals surface area contributed by atoms with E-state index in [-0.39, 0.29) is 36.6 Å². The number of nitriles is 1. The third-order valence-electron chi connectivity index (χ3n) is 6.25. The molecule has 3 rings (SSSR count). The third kappa shape index (κ3) is 8.76. The molecule has 11 nitrogen and oxygen atoms in total. The molecule has 3 N–H and O–H groups in total. The predicted molar refractivity (Wildman–Crippen MR) is 140 cm³/mol. The molecule has 0 saturated carbocycles. The lowest BCUT2D eigenvalue weighted by Gasteiger charge is -2.27. The molecule has 1 aliphatic heterocycles. The molecule has 0 aliphatic carbocycles. The van der Waals surface area contributed by atoms with Crippen LogP contribution < -0.4 is 16.0 Å². The third-order valence-corrected chi connectivity index (χ3v) is 6.25. The Morgan fingerprint density at radius 1 is 1.30 bits per heavy atom. The normalized spacial score (nSPS) is 16.7. The van der Waals surface area contributed by atoms with Crippen LogP contribution in [0.5, 0.6) is 0 Å². The number of rotatable bonds is 12. The van der Waals surface area contributed by atoms with Crippen LogP contribution in [0.3, 0.4) is 0 Å². The molecular weight excluding hydrogens is 521 g/mol. The Morgan fingerprint density at radius 3 is 2.67 bits per heavy atom. The molecule has 2 aromatic rings. The van der Waals surface area contributed by atoms with Crippen LogP contribution in [-0.4, -0.2) is 54.1 Å². The van der Waals surface area contributed by atoms with Crippen molar-refractivity contribution in [1.82, 2.24) is 21.1 Å². The predicted octanol–water partition coefficient (Wildman–Crippen LogP) is 2.27. The molecule has 1 aromatic carbocycles. The number of hydrogen-bond donors (Lipinski definition) is 3. The van der Waals surface area contributed by atoms with Gasteiger partial charge in [0, 0.05) is 31.0 Å². The SMILES string of the molecule is CCCOC(=O)C(C#N)=CC(CC1CCCNC1=O)NC(=O)C(Cc1ccc(F)cc1)NC(=O)c1cc(C)on1. The van der Waals surface area contributed by atoms with Crippen molar-refractivity contribution in [2.45, 2.75) is 58.0 Å². The van der Waals surface area contributed by atoms with Crippen molar-refractivity contribution in [2.75, 3.05) is 13.2 Å². The number of nitrogens with zero attached hydrogens (tertiary/aromatic N) is 2. The lowest BCUT2D eigenvalue weighted by atomic mass is 9.90. The number of carbonyl (C=O) groups is 4. The molecule has 212 valence electrons. The van der Waals surface area contributed by atoms with Crippen molar-refractivity contribution in [1.29, 1.82) is 5.26 Å². The largest absolute Gasteiger partial charge is 0.462 e. The molecule has 40 heavy (non-hydrogen) atoms. The topological polar surface area (TPSA) is 163 Å². The highest BCUT2D eigenvalue weighted by Gasteiger charge is 2.30. The van der Waals surface area contributed by atoms with Gasteiger partial charge in [-0.15, -0.1) is 0 Å². The zero-order chi connectivity index (χ0) is 29.1. The van der Waals surface area contributed by atoms with Crippen molar-refractivity contribution in [3.8, 4) is 6.07 Å². The maximum Gasteiger partial charge on any atom is 0.348 e. The molecule has 0 bridgehead atoms. The van der Waals surface area contributed by atoms with Crippen LogP contribution in [0, 0.1) is 30.0 Å². The standard InChI is InChI=1S/C28H32FN5O6/c1-3-11-39-28(38)20(16-30)15-22(14-19-5-4-10-31-25(19)35)32-26(36)23(13-18-6-8-21(29)9-7-18)33-27(37)24-12-17(2)40-34-24/h6-9,12,15,19,22-23H,3-5,10-11,13-14H2,1-2H3,(H,31,35)(H,32,36)(H,33,37). The molecule has 3 amide bonds. The maximum atomic E-state index is 13.6. The number of piperidine rings is 1. The fourth-order valence-electron chi connectivity index (χ4n) is 4.21. The summed E-state index contributed by atoms with van der Waals surface area (Å²) >= 11 is 0. The molecule has 3 unspecified atom stereocenters. The number of hydrogen-bond acceptors (Lipinski definition) is 8. The number of ether oxygens (including phenoxy) is 1. The van der Waals surface area contributed by atoms with E-state index in [1.165, 1.54) is 36.4 Å². The highest BCUT2D eigenvalue weighted by molar-refractivity contribution is 5.96. The van der Waals surface area contributed by atoms with Crippen molar-refractivity contribution in [3.63, 3.8) is 0 Å². The fourth-order valence-corrected chi connectivity index (χ4v) is 4.21. The number of carbonyl (C=O) groups excluding carboxylic acids is 4. The van der Waals surface area contributed by atoms with Gasteiger partial charge in [-0.1, -0.05) is 24.2 Å². The van der Waals surface area contributed by atoms with Crippen molar-refractivity contribution >= 4 is 23.7 Å². The fraction of sp³-hybridized carbons (Fsp3) is 0.429. The van der Waals surface area contributed by atoms with Crippen LogP contribution in [0.4, 0.5) is 4.39 Å². The van der Waals surface area contributed by atoms with E-state index in [0.29, 0.717) is 30.7 Å². The summed E-state index contributed by atoms with van der Waals surface area (Å²) < 4.78 is 23.5. The highest BCUT2D eigenvalue weighted by Crippen LogP contribution is 2.19. The molecule has 1 aliphatic rings. The molecule has 1 fully saturated rings. The van der Waals surface area contributed by atoms with E-state index in [4.69, 9.17) is 9.26 Å². The number of esters is 1. The Kier molecular flexibility index (Phi) is 10.9. The minimum atomic E-state index is -1.15. The second-order valence-corrected chi connectivity index (χ2v) is 9.49. The van der Waals surface area contributed by atoms with Crippen LogP contribution in [0.2, 0.25) is 0 Å². The van der Waals surface area contributed by atoms with Crippen LogP contribution in [0.15, 0.2) is 46.5 Å². The van der Waals surface area contributed by atoms with Crippen molar-refractivity contribution in [2.24, 2.45) is 5.92 Å². The van der Waals surface area contributed by atoms with E-state index in [1.54, 1.807) is 13.0 Å². The molecule has 12 heteroatoms. The van der Waals surface area contributed by atoms with E-state index in [2.05, 4.69) is 21.1 Å². The first-order chi connectivity index (χ1) is 19.2. The van der Waals surface area contributed by atoms with Gasteiger partial charge < -0.3 is 25.2 Å². The van der Waals surface area contributed by atoms with E-state index in [1.807, 2.05) is 6.92 Å². The van der Waals surface area contributed by atoms with Crippen LogP contribution in [0.25, 0.3) is 0 Å². The summed E-state index contributed by atoms with van der Waals surface area (Å²) in [4.78, 5) is 51.3. The Labute approximate surface area is 231 Å². The van der Waals surface area contributed by atoms with Gasteiger partial charge in [0.25, 0.3) is 5.91 Å². The molecule has 2 heterocycles. The van der Waals surface area contributed by atoms with Gasteiger partial charge in [0.15, 0.2) is 5.69 Å². The van der Waals surface area contributed by atoms with Gasteiger partial charge in [0.2, 0.25) is 11.8 Å². The molecule has 3 atom stereocenters. The molecule has 0 spiro atoms. The van der Waals surface area contributed by atoms with Crippen molar-refractivity contribution in [3.05, 3.63) is 64.8 Å². The highest BCUT2D eigenvalue weighted by atomic mass is 19.1. The quantitative estimate of drug-likeness (QED) is 0.205. The summed E-state index contributed by atoms with van der Waals surface area (Å²) in [5, 5.41) is 21.4. The monoisotopic (exact) mass is 553 g/mol. The second kappa shape index (κ2) is 14.6. The Morgan fingerprint density at radius 2 is 2.05 bits per heavy atom. The van der Waals surface area contributed by atoms with E-state index in [9.17, 15) is 28.8 Å². The number of halogens is 1. The van der Waals surface area contributed by atoms with Crippen LogP contribution in [0.1, 0.15) is 54.4 Å². The zero-order valence-electron chi connectivity index (χ0n) is 22.4. The Bertz CT molecular complexity index is 1280. The number of amides is 3.